The second-order valence-electron chi connectivity index (χ2n) is 5.72. The molecule has 3 unspecified atom stereocenters. The molecule has 1 fully saturated rings. The predicted molar refractivity (Wildman–Crippen MR) is 103 cm³/mol. The molecule has 10 nitrogen and oxygen atoms in total. The Morgan fingerprint density at radius 1 is 1.25 bits per heavy atom. The maximum absolute atomic E-state index is 12.5. The summed E-state index contributed by atoms with van der Waals surface area (Å²) in [5.74, 6) is -0.407. The summed E-state index contributed by atoms with van der Waals surface area (Å²) in [6, 6.07) is 3.66. The molecule has 1 aromatic carbocycles. The summed E-state index contributed by atoms with van der Waals surface area (Å²) >= 11 is 1.14. The highest BCUT2D eigenvalue weighted by molar-refractivity contribution is 8.00. The van der Waals surface area contributed by atoms with E-state index in [4.69, 9.17) is 19.9 Å². The molecule has 154 valence electrons. The molecule has 0 bridgehead atoms. The molecule has 5 N–H and O–H groups in total. The third-order valence-corrected chi connectivity index (χ3v) is 4.85. The molecule has 1 aliphatic heterocycles. The molecule has 1 aliphatic rings. The normalized spacial score (nSPS) is 21.4. The van der Waals surface area contributed by atoms with Crippen molar-refractivity contribution in [3.05, 3.63) is 23.8 Å². The van der Waals surface area contributed by atoms with Gasteiger partial charge in [0.1, 0.15) is 11.5 Å². The van der Waals surface area contributed by atoms with E-state index in [2.05, 4.69) is 16.0 Å². The van der Waals surface area contributed by atoms with Gasteiger partial charge in [-0.3, -0.25) is 19.7 Å². The Kier molecular flexibility index (Phi) is 7.91. The number of carbonyl (C=O) groups is 3. The van der Waals surface area contributed by atoms with E-state index in [0.717, 1.165) is 11.8 Å². The summed E-state index contributed by atoms with van der Waals surface area (Å²) in [5.41, 5.74) is 5.71. The van der Waals surface area contributed by atoms with Crippen LogP contribution >= 0.6 is 11.8 Å². The lowest BCUT2D eigenvalue weighted by Crippen LogP contribution is -2.70. The van der Waals surface area contributed by atoms with Crippen molar-refractivity contribution in [2.75, 3.05) is 26.6 Å². The summed E-state index contributed by atoms with van der Waals surface area (Å²) in [5, 5.41) is 8.18. The Labute approximate surface area is 166 Å². The Hall–Kier alpha value is -2.50. The van der Waals surface area contributed by atoms with Crippen LogP contribution in [-0.2, 0) is 14.3 Å². The molecule has 0 spiro atoms. The van der Waals surface area contributed by atoms with Gasteiger partial charge in [0.05, 0.1) is 32.7 Å². The maximum atomic E-state index is 12.5. The van der Waals surface area contributed by atoms with E-state index >= 15 is 0 Å². The number of methoxy groups -OCH3 is 2. The first-order valence-corrected chi connectivity index (χ1v) is 9.56. The highest BCUT2D eigenvalue weighted by atomic mass is 32.2. The van der Waals surface area contributed by atoms with Crippen LogP contribution < -0.4 is 31.2 Å². The summed E-state index contributed by atoms with van der Waals surface area (Å²) in [6.45, 7) is 2.00. The second-order valence-corrected chi connectivity index (χ2v) is 6.81. The minimum atomic E-state index is -0.986. The van der Waals surface area contributed by atoms with Crippen LogP contribution in [0.5, 0.6) is 11.5 Å². The fraction of sp³-hybridized carbons (Fsp3) is 0.471. The molecular formula is C17H24N4O6S. The van der Waals surface area contributed by atoms with Crippen LogP contribution in [0.2, 0.25) is 0 Å². The van der Waals surface area contributed by atoms with E-state index in [1.807, 2.05) is 0 Å². The molecule has 11 heteroatoms. The smallest absolute Gasteiger partial charge is 0.316 e. The highest BCUT2D eigenvalue weighted by Gasteiger charge is 2.35. The number of nitrogens with two attached hydrogens (primary N) is 1. The largest absolute Gasteiger partial charge is 0.493 e. The molecule has 2 amide bonds. The third-order valence-electron chi connectivity index (χ3n) is 3.86. The molecule has 0 radical (unpaired) electrons. The van der Waals surface area contributed by atoms with Crippen molar-refractivity contribution in [2.45, 2.75) is 24.6 Å². The standard InChI is InChI=1S/C17H24N4O6S/c1-4-27-12(22)8-28-17-20-14(18)13(16(24)21-17)19-15(23)9-5-6-10(25-2)11(7-9)26-3/h5-7,13-14,17,20H,4,8,18H2,1-3H3,(H,19,23)(H,21,24). The van der Waals surface area contributed by atoms with Crippen molar-refractivity contribution in [2.24, 2.45) is 5.73 Å². The van der Waals surface area contributed by atoms with Crippen LogP contribution in [0.15, 0.2) is 18.2 Å². The van der Waals surface area contributed by atoms with Crippen molar-refractivity contribution < 1.29 is 28.6 Å². The van der Waals surface area contributed by atoms with Crippen molar-refractivity contribution in [1.29, 1.82) is 0 Å². The lowest BCUT2D eigenvalue weighted by molar-refractivity contribution is -0.140. The zero-order chi connectivity index (χ0) is 20.7. The van der Waals surface area contributed by atoms with E-state index in [1.54, 1.807) is 19.1 Å². The molecule has 0 saturated carbocycles. The monoisotopic (exact) mass is 412 g/mol. The Bertz CT molecular complexity index is 732. The summed E-state index contributed by atoms with van der Waals surface area (Å²) in [7, 11) is 2.95. The molecule has 0 aliphatic carbocycles. The Morgan fingerprint density at radius 2 is 1.96 bits per heavy atom. The van der Waals surface area contributed by atoms with Crippen LogP contribution in [0, 0.1) is 0 Å². The number of hydrogen-bond donors (Lipinski definition) is 4. The van der Waals surface area contributed by atoms with E-state index < -0.39 is 29.5 Å². The summed E-state index contributed by atoms with van der Waals surface area (Å²) in [6.07, 6.45) is -0.836. The minimum Gasteiger partial charge on any atom is -0.493 e. The average molecular weight is 412 g/mol. The topological polar surface area (TPSA) is 141 Å². The quantitative estimate of drug-likeness (QED) is 0.411. The number of rotatable bonds is 8. The van der Waals surface area contributed by atoms with Crippen LogP contribution in [0.1, 0.15) is 17.3 Å². The number of ether oxygens (including phenoxy) is 3. The highest BCUT2D eigenvalue weighted by Crippen LogP contribution is 2.27. The van der Waals surface area contributed by atoms with Gasteiger partial charge in [0, 0.05) is 5.56 Å². The number of thioether (sulfide) groups is 1. The molecule has 2 rings (SSSR count). The van der Waals surface area contributed by atoms with E-state index in [-0.39, 0.29) is 23.9 Å². The van der Waals surface area contributed by atoms with Crippen molar-refractivity contribution in [1.82, 2.24) is 16.0 Å². The fourth-order valence-electron chi connectivity index (χ4n) is 2.50. The Balaban J connectivity index is 1.96. The van der Waals surface area contributed by atoms with Crippen LogP contribution in [0.3, 0.4) is 0 Å². The summed E-state index contributed by atoms with van der Waals surface area (Å²) in [4.78, 5) is 36.3. The molecule has 28 heavy (non-hydrogen) atoms. The third kappa shape index (κ3) is 5.50. The number of benzene rings is 1. The first-order valence-electron chi connectivity index (χ1n) is 8.51. The van der Waals surface area contributed by atoms with Gasteiger partial charge in [-0.1, -0.05) is 0 Å². The van der Waals surface area contributed by atoms with Crippen LogP contribution in [0.4, 0.5) is 0 Å². The van der Waals surface area contributed by atoms with Gasteiger partial charge in [-0.25, -0.2) is 0 Å². The number of esters is 1. The van der Waals surface area contributed by atoms with Gasteiger partial charge >= 0.3 is 5.97 Å². The zero-order valence-electron chi connectivity index (χ0n) is 15.8. The lowest BCUT2D eigenvalue weighted by atomic mass is 10.1. The fourth-order valence-corrected chi connectivity index (χ4v) is 3.33. The Morgan fingerprint density at radius 3 is 2.57 bits per heavy atom. The molecule has 0 aromatic heterocycles. The van der Waals surface area contributed by atoms with Gasteiger partial charge in [0.25, 0.3) is 5.91 Å². The zero-order valence-corrected chi connectivity index (χ0v) is 16.6. The van der Waals surface area contributed by atoms with Crippen molar-refractivity contribution >= 4 is 29.5 Å². The molecule has 1 saturated heterocycles. The van der Waals surface area contributed by atoms with Gasteiger partial charge in [-0.05, 0) is 25.1 Å². The first kappa shape index (κ1) is 21.8. The minimum absolute atomic E-state index is 0.0567. The SMILES string of the molecule is CCOC(=O)CSC1NC(=O)C(NC(=O)c2ccc(OC)c(OC)c2)C(N)N1. The predicted octanol–water partition coefficient (Wildman–Crippen LogP) is -0.614. The van der Waals surface area contributed by atoms with E-state index in [9.17, 15) is 14.4 Å². The second kappa shape index (κ2) is 10.2. The van der Waals surface area contributed by atoms with Crippen molar-refractivity contribution in [3.63, 3.8) is 0 Å². The summed E-state index contributed by atoms with van der Waals surface area (Å²) < 4.78 is 15.1. The maximum Gasteiger partial charge on any atom is 0.316 e. The number of nitrogens with one attached hydrogen (secondary N) is 3. The average Bonchev–Trinajstić information content (AvgIpc) is 2.68. The van der Waals surface area contributed by atoms with Gasteiger partial charge in [0.15, 0.2) is 11.5 Å². The van der Waals surface area contributed by atoms with Crippen molar-refractivity contribution in [3.8, 4) is 11.5 Å². The first-order chi connectivity index (χ1) is 13.4. The number of hydrogen-bond acceptors (Lipinski definition) is 9. The van der Waals surface area contributed by atoms with E-state index in [0.29, 0.717) is 11.5 Å². The number of amides is 2. The molecule has 1 heterocycles. The van der Waals surface area contributed by atoms with Crippen LogP contribution in [-0.4, -0.2) is 62.1 Å². The van der Waals surface area contributed by atoms with Gasteiger partial charge in [-0.15, -0.1) is 11.8 Å². The lowest BCUT2D eigenvalue weighted by Gasteiger charge is -2.35. The molecular weight excluding hydrogens is 388 g/mol. The van der Waals surface area contributed by atoms with Gasteiger partial charge in [0.2, 0.25) is 5.91 Å². The molecule has 1 aromatic rings. The van der Waals surface area contributed by atoms with Gasteiger partial charge in [-0.2, -0.15) is 0 Å². The number of carbonyl (C=O) groups excluding carboxylic acids is 3. The van der Waals surface area contributed by atoms with Gasteiger partial charge < -0.3 is 30.6 Å². The molecule has 3 atom stereocenters. The van der Waals surface area contributed by atoms with E-state index in [1.165, 1.54) is 20.3 Å². The van der Waals surface area contributed by atoms with Crippen LogP contribution in [0.25, 0.3) is 0 Å².